The Morgan fingerprint density at radius 3 is 3.10 bits per heavy atom. The summed E-state index contributed by atoms with van der Waals surface area (Å²) in [5, 5.41) is 10.1. The van der Waals surface area contributed by atoms with Gasteiger partial charge < -0.3 is 5.11 Å². The van der Waals surface area contributed by atoms with Gasteiger partial charge in [0.2, 0.25) is 0 Å². The number of aromatic nitrogens is 2. The zero-order valence-electron chi connectivity index (χ0n) is 11.1. The molecule has 2 aromatic heterocycles. The summed E-state index contributed by atoms with van der Waals surface area (Å²) >= 11 is 1.64. The Kier molecular flexibility index (Phi) is 3.50. The summed E-state index contributed by atoms with van der Waals surface area (Å²) < 4.78 is 0. The maximum absolute atomic E-state index is 11.1. The van der Waals surface area contributed by atoms with Crippen molar-refractivity contribution in [3.8, 4) is 10.6 Å². The molecule has 0 amide bonds. The Morgan fingerprint density at radius 2 is 2.40 bits per heavy atom. The molecule has 104 valence electrons. The summed E-state index contributed by atoms with van der Waals surface area (Å²) in [6.45, 7) is 3.15. The summed E-state index contributed by atoms with van der Waals surface area (Å²) in [6, 6.07) is 3.44. The lowest BCUT2D eigenvalue weighted by atomic mass is 10.1. The molecule has 1 unspecified atom stereocenters. The molecule has 6 heteroatoms. The van der Waals surface area contributed by atoms with Crippen LogP contribution in [-0.2, 0) is 17.8 Å². The Labute approximate surface area is 120 Å². The highest BCUT2D eigenvalue weighted by atomic mass is 32.1. The Hall–Kier alpha value is -1.79. The lowest BCUT2D eigenvalue weighted by Crippen LogP contribution is -2.41. The second kappa shape index (κ2) is 5.30. The molecule has 0 spiro atoms. The molecular formula is C14H15N3O2S. The summed E-state index contributed by atoms with van der Waals surface area (Å²) in [7, 11) is 0. The highest BCUT2D eigenvalue weighted by molar-refractivity contribution is 7.15. The monoisotopic (exact) mass is 289 g/mol. The quantitative estimate of drug-likeness (QED) is 0.936. The summed E-state index contributed by atoms with van der Waals surface area (Å²) in [5.74, 6) is -0.773. The van der Waals surface area contributed by atoms with Gasteiger partial charge in [0.15, 0.2) is 0 Å². The van der Waals surface area contributed by atoms with Gasteiger partial charge in [-0.15, -0.1) is 11.3 Å². The number of nitrogens with zero attached hydrogens (tertiary/aromatic N) is 3. The van der Waals surface area contributed by atoms with E-state index >= 15 is 0 Å². The van der Waals surface area contributed by atoms with Gasteiger partial charge in [0.25, 0.3) is 0 Å². The van der Waals surface area contributed by atoms with Crippen LogP contribution in [0.3, 0.4) is 0 Å². The number of aliphatic carboxylic acids is 1. The first kappa shape index (κ1) is 13.2. The fourth-order valence-electron chi connectivity index (χ4n) is 2.31. The largest absolute Gasteiger partial charge is 0.480 e. The van der Waals surface area contributed by atoms with Gasteiger partial charge in [0, 0.05) is 42.3 Å². The Morgan fingerprint density at radius 1 is 1.55 bits per heavy atom. The van der Waals surface area contributed by atoms with Crippen LogP contribution in [0.1, 0.15) is 17.5 Å². The highest BCUT2D eigenvalue weighted by Gasteiger charge is 2.27. The zero-order chi connectivity index (χ0) is 14.1. The minimum absolute atomic E-state index is 0.452. The molecule has 1 aliphatic heterocycles. The van der Waals surface area contributed by atoms with Crippen LogP contribution in [0.4, 0.5) is 0 Å². The number of pyridine rings is 1. The van der Waals surface area contributed by atoms with Gasteiger partial charge in [0.1, 0.15) is 11.0 Å². The first-order chi connectivity index (χ1) is 9.65. The third-order valence-electron chi connectivity index (χ3n) is 3.57. The van der Waals surface area contributed by atoms with Crippen molar-refractivity contribution in [2.45, 2.75) is 25.9 Å². The normalized spacial score (nSPS) is 16.6. The fraction of sp³-hybridized carbons (Fsp3) is 0.357. The van der Waals surface area contributed by atoms with Crippen molar-refractivity contribution in [2.75, 3.05) is 6.54 Å². The molecule has 1 aliphatic rings. The number of rotatable bonds is 3. The van der Waals surface area contributed by atoms with E-state index in [4.69, 9.17) is 5.11 Å². The van der Waals surface area contributed by atoms with Crippen molar-refractivity contribution >= 4 is 17.3 Å². The molecule has 1 N–H and O–H groups in total. The minimum atomic E-state index is -0.773. The van der Waals surface area contributed by atoms with Crippen LogP contribution in [-0.4, -0.2) is 38.5 Å². The van der Waals surface area contributed by atoms with Gasteiger partial charge in [-0.2, -0.15) is 0 Å². The lowest BCUT2D eigenvalue weighted by Gasteiger charge is -2.28. The number of fused-ring (bicyclic) bond motifs is 1. The van der Waals surface area contributed by atoms with Crippen LogP contribution in [0.15, 0.2) is 24.5 Å². The van der Waals surface area contributed by atoms with Crippen LogP contribution >= 0.6 is 11.3 Å². The van der Waals surface area contributed by atoms with E-state index in [0.29, 0.717) is 6.54 Å². The number of thiazole rings is 1. The van der Waals surface area contributed by atoms with Crippen molar-refractivity contribution in [1.29, 1.82) is 0 Å². The maximum atomic E-state index is 11.1. The van der Waals surface area contributed by atoms with Crippen molar-refractivity contribution in [3.63, 3.8) is 0 Å². The van der Waals surface area contributed by atoms with Gasteiger partial charge in [-0.25, -0.2) is 4.98 Å². The van der Waals surface area contributed by atoms with Crippen LogP contribution in [0, 0.1) is 0 Å². The number of hydrogen-bond donors (Lipinski definition) is 1. The second-order valence-electron chi connectivity index (χ2n) is 4.87. The summed E-state index contributed by atoms with van der Waals surface area (Å²) in [5.41, 5.74) is 2.12. The lowest BCUT2D eigenvalue weighted by molar-refractivity contribution is -0.142. The molecule has 2 aromatic rings. The predicted molar refractivity (Wildman–Crippen MR) is 76.6 cm³/mol. The van der Waals surface area contributed by atoms with Gasteiger partial charge >= 0.3 is 5.97 Å². The van der Waals surface area contributed by atoms with Gasteiger partial charge in [-0.1, -0.05) is 0 Å². The van der Waals surface area contributed by atoms with Crippen LogP contribution in [0.5, 0.6) is 0 Å². The molecule has 20 heavy (non-hydrogen) atoms. The Balaban J connectivity index is 1.85. The van der Waals surface area contributed by atoms with Crippen LogP contribution in [0.25, 0.3) is 10.6 Å². The third kappa shape index (κ3) is 2.44. The minimum Gasteiger partial charge on any atom is -0.480 e. The van der Waals surface area contributed by atoms with Crippen molar-refractivity contribution < 1.29 is 9.90 Å². The van der Waals surface area contributed by atoms with Crippen LogP contribution < -0.4 is 0 Å². The van der Waals surface area contributed by atoms with E-state index in [9.17, 15) is 4.79 Å². The van der Waals surface area contributed by atoms with E-state index in [1.807, 2.05) is 23.2 Å². The smallest absolute Gasteiger partial charge is 0.320 e. The number of hydrogen-bond acceptors (Lipinski definition) is 5. The molecule has 0 radical (unpaired) electrons. The third-order valence-corrected chi connectivity index (χ3v) is 4.71. The SMILES string of the molecule is CC(C(=O)O)N1CCc2nc(-c3cccnc3)sc2C1. The fourth-order valence-corrected chi connectivity index (χ4v) is 3.44. The van der Waals surface area contributed by atoms with E-state index in [1.54, 1.807) is 24.5 Å². The first-order valence-corrected chi connectivity index (χ1v) is 7.32. The molecule has 1 atom stereocenters. The molecule has 0 fully saturated rings. The number of carboxylic acids is 1. The van der Waals surface area contributed by atoms with Crippen molar-refractivity contribution in [2.24, 2.45) is 0 Å². The van der Waals surface area contributed by atoms with E-state index in [0.717, 1.165) is 29.2 Å². The van der Waals surface area contributed by atoms with E-state index in [1.165, 1.54) is 4.88 Å². The molecule has 5 nitrogen and oxygen atoms in total. The average Bonchev–Trinajstić information content (AvgIpc) is 2.90. The molecular weight excluding hydrogens is 274 g/mol. The number of carbonyl (C=O) groups is 1. The zero-order valence-corrected chi connectivity index (χ0v) is 11.9. The van der Waals surface area contributed by atoms with Crippen LogP contribution in [0.2, 0.25) is 0 Å². The second-order valence-corrected chi connectivity index (χ2v) is 5.95. The number of carboxylic acid groups (broad SMARTS) is 1. The standard InChI is InChI=1S/C14H15N3O2S/c1-9(14(18)19)17-6-4-11-12(8-17)20-13(16-11)10-3-2-5-15-7-10/h2-3,5,7,9H,4,6,8H2,1H3,(H,18,19). The van der Waals surface area contributed by atoms with E-state index in [2.05, 4.69) is 9.97 Å². The van der Waals surface area contributed by atoms with Crippen molar-refractivity contribution in [3.05, 3.63) is 35.1 Å². The topological polar surface area (TPSA) is 66.3 Å². The molecule has 3 heterocycles. The molecule has 3 rings (SSSR count). The molecule has 0 aliphatic carbocycles. The molecule has 0 aromatic carbocycles. The van der Waals surface area contributed by atoms with Gasteiger partial charge in [-0.3, -0.25) is 14.7 Å². The van der Waals surface area contributed by atoms with E-state index < -0.39 is 12.0 Å². The predicted octanol–water partition coefficient (Wildman–Crippen LogP) is 2.04. The summed E-state index contributed by atoms with van der Waals surface area (Å²) in [6.07, 6.45) is 4.36. The first-order valence-electron chi connectivity index (χ1n) is 6.51. The molecule has 0 saturated carbocycles. The van der Waals surface area contributed by atoms with E-state index in [-0.39, 0.29) is 0 Å². The van der Waals surface area contributed by atoms with Crippen molar-refractivity contribution in [1.82, 2.24) is 14.9 Å². The maximum Gasteiger partial charge on any atom is 0.320 e. The molecule has 0 saturated heterocycles. The Bertz CT molecular complexity index is 627. The highest BCUT2D eigenvalue weighted by Crippen LogP contribution is 2.31. The van der Waals surface area contributed by atoms with Gasteiger partial charge in [-0.05, 0) is 19.1 Å². The molecule has 0 bridgehead atoms. The summed E-state index contributed by atoms with van der Waals surface area (Å²) in [4.78, 5) is 23.0. The average molecular weight is 289 g/mol. The van der Waals surface area contributed by atoms with Gasteiger partial charge in [0.05, 0.1) is 5.69 Å².